The number of nitrogens with zero attached hydrogens (tertiary/aromatic N) is 2. The van der Waals surface area contributed by atoms with Gasteiger partial charge in [-0.3, -0.25) is 14.9 Å². The second-order valence-corrected chi connectivity index (χ2v) is 9.41. The molecule has 0 aliphatic heterocycles. The Morgan fingerprint density at radius 1 is 1.06 bits per heavy atom. The highest BCUT2D eigenvalue weighted by atomic mass is 32.2. The summed E-state index contributed by atoms with van der Waals surface area (Å²) in [6.45, 7) is 3.48. The van der Waals surface area contributed by atoms with Crippen LogP contribution in [0.5, 0.6) is 0 Å². The molecule has 0 unspecified atom stereocenters. The first-order valence-electron chi connectivity index (χ1n) is 10.4. The number of benzene rings is 3. The Morgan fingerprint density at radius 3 is 2.38 bits per heavy atom. The van der Waals surface area contributed by atoms with Gasteiger partial charge in [0, 0.05) is 23.6 Å². The Hall–Kier alpha value is -3.89. The van der Waals surface area contributed by atoms with Gasteiger partial charge in [-0.2, -0.15) is 5.10 Å². The average molecular weight is 481 g/mol. The third-order valence-corrected chi connectivity index (χ3v) is 6.54. The molecule has 0 fully saturated rings. The molecule has 0 bridgehead atoms. The Kier molecular flexibility index (Phi) is 7.87. The number of nitrogens with one attached hydrogen (secondary N) is 2. The average Bonchev–Trinajstić information content (AvgIpc) is 2.80. The highest BCUT2D eigenvalue weighted by Gasteiger charge is 2.23. The number of amides is 1. The van der Waals surface area contributed by atoms with Crippen molar-refractivity contribution in [3.05, 3.63) is 105 Å². The third-order valence-electron chi connectivity index (χ3n) is 5.05. The molecule has 0 radical (unpaired) electrons. The second-order valence-electron chi connectivity index (χ2n) is 7.70. The van der Waals surface area contributed by atoms with Gasteiger partial charge in [0.05, 0.1) is 22.1 Å². The summed E-state index contributed by atoms with van der Waals surface area (Å²) in [5.41, 5.74) is 4.80. The fourth-order valence-corrected chi connectivity index (χ4v) is 4.42. The van der Waals surface area contributed by atoms with E-state index >= 15 is 0 Å². The van der Waals surface area contributed by atoms with Crippen molar-refractivity contribution in [3.8, 4) is 0 Å². The fraction of sp³-hybridized carbons (Fsp3) is 0.167. The number of rotatable bonds is 9. The molecule has 34 heavy (non-hydrogen) atoms. The smallest absolute Gasteiger partial charge is 0.272 e. The molecule has 1 amide bonds. The van der Waals surface area contributed by atoms with E-state index in [1.807, 2.05) is 6.92 Å². The highest BCUT2D eigenvalue weighted by Crippen LogP contribution is 2.21. The summed E-state index contributed by atoms with van der Waals surface area (Å²) in [6, 6.07) is 18.9. The topological polar surface area (TPSA) is 131 Å². The molecule has 3 rings (SSSR count). The number of nitro groups is 1. The normalized spacial score (nSPS) is 12.4. The summed E-state index contributed by atoms with van der Waals surface area (Å²) in [7, 11) is -3.88. The molecule has 10 heteroatoms. The van der Waals surface area contributed by atoms with Gasteiger partial charge >= 0.3 is 0 Å². The van der Waals surface area contributed by atoms with Crippen molar-refractivity contribution < 1.29 is 18.1 Å². The van der Waals surface area contributed by atoms with Crippen LogP contribution in [0.1, 0.15) is 34.7 Å². The summed E-state index contributed by atoms with van der Waals surface area (Å²) in [5, 5.41) is 14.9. The van der Waals surface area contributed by atoms with Crippen LogP contribution in [-0.4, -0.2) is 25.5 Å². The maximum Gasteiger partial charge on any atom is 0.272 e. The van der Waals surface area contributed by atoms with Crippen LogP contribution in [0.3, 0.4) is 0 Å². The largest absolute Gasteiger partial charge is 0.273 e. The van der Waals surface area contributed by atoms with Crippen molar-refractivity contribution in [2.75, 3.05) is 0 Å². The molecule has 0 aliphatic rings. The predicted octanol–water partition coefficient (Wildman–Crippen LogP) is 3.77. The lowest BCUT2D eigenvalue weighted by atomic mass is 10.0. The van der Waals surface area contributed by atoms with Crippen molar-refractivity contribution in [2.45, 2.75) is 31.2 Å². The predicted molar refractivity (Wildman–Crippen MR) is 129 cm³/mol. The molecule has 3 aromatic rings. The Morgan fingerprint density at radius 2 is 1.74 bits per heavy atom. The Labute approximate surface area is 197 Å². The Balaban J connectivity index is 1.73. The summed E-state index contributed by atoms with van der Waals surface area (Å²) in [6.07, 6.45) is 1.08. The molecule has 0 aromatic heterocycles. The van der Waals surface area contributed by atoms with Crippen molar-refractivity contribution in [2.24, 2.45) is 5.10 Å². The van der Waals surface area contributed by atoms with E-state index in [-0.39, 0.29) is 17.0 Å². The van der Waals surface area contributed by atoms with Crippen LogP contribution in [0.2, 0.25) is 0 Å². The quantitative estimate of drug-likeness (QED) is 0.273. The summed E-state index contributed by atoms with van der Waals surface area (Å²) in [4.78, 5) is 23.2. The summed E-state index contributed by atoms with van der Waals surface area (Å²) >= 11 is 0. The number of nitro benzene ring substituents is 1. The molecule has 176 valence electrons. The van der Waals surface area contributed by atoms with Crippen molar-refractivity contribution in [3.63, 3.8) is 0 Å². The lowest BCUT2D eigenvalue weighted by Gasteiger charge is -2.18. The zero-order valence-corrected chi connectivity index (χ0v) is 19.5. The number of aryl methyl sites for hydroxylation is 2. The van der Waals surface area contributed by atoms with E-state index in [0.29, 0.717) is 16.7 Å². The molecule has 3 aromatic carbocycles. The Bertz CT molecular complexity index is 1310. The van der Waals surface area contributed by atoms with Gasteiger partial charge in [-0.15, -0.1) is 0 Å². The number of carbonyl (C=O) groups is 1. The van der Waals surface area contributed by atoms with Gasteiger partial charge in [-0.05, 0) is 31.5 Å². The van der Waals surface area contributed by atoms with Gasteiger partial charge in [-0.1, -0.05) is 60.2 Å². The minimum atomic E-state index is -3.88. The van der Waals surface area contributed by atoms with Gasteiger partial charge in [0.15, 0.2) is 0 Å². The lowest BCUT2D eigenvalue weighted by Crippen LogP contribution is -2.32. The van der Waals surface area contributed by atoms with E-state index in [9.17, 15) is 23.3 Å². The molecule has 0 saturated carbocycles. The van der Waals surface area contributed by atoms with Crippen molar-refractivity contribution >= 4 is 27.8 Å². The van der Waals surface area contributed by atoms with E-state index in [2.05, 4.69) is 15.2 Å². The van der Waals surface area contributed by atoms with E-state index in [1.54, 1.807) is 61.5 Å². The minimum absolute atomic E-state index is 0.0510. The van der Waals surface area contributed by atoms with Crippen LogP contribution < -0.4 is 10.1 Å². The molecule has 1 atom stereocenters. The van der Waals surface area contributed by atoms with E-state index in [4.69, 9.17) is 0 Å². The molecule has 0 aliphatic carbocycles. The molecule has 0 heterocycles. The first-order chi connectivity index (χ1) is 16.2. The van der Waals surface area contributed by atoms with E-state index in [1.165, 1.54) is 24.4 Å². The van der Waals surface area contributed by atoms with Crippen LogP contribution in [0.25, 0.3) is 0 Å². The molecule has 9 nitrogen and oxygen atoms in total. The van der Waals surface area contributed by atoms with E-state index in [0.717, 1.165) is 5.56 Å². The van der Waals surface area contributed by atoms with Crippen molar-refractivity contribution in [1.82, 2.24) is 10.1 Å². The number of hydrogen-bond donors (Lipinski definition) is 2. The third kappa shape index (κ3) is 6.56. The molecular weight excluding hydrogens is 456 g/mol. The minimum Gasteiger partial charge on any atom is -0.273 e. The van der Waals surface area contributed by atoms with Crippen LogP contribution in [0, 0.1) is 24.0 Å². The van der Waals surface area contributed by atoms with Crippen LogP contribution in [0.15, 0.2) is 82.8 Å². The van der Waals surface area contributed by atoms with Crippen molar-refractivity contribution in [1.29, 1.82) is 0 Å². The lowest BCUT2D eigenvalue weighted by molar-refractivity contribution is -0.385. The van der Waals surface area contributed by atoms with Gasteiger partial charge in [0.25, 0.3) is 5.69 Å². The van der Waals surface area contributed by atoms with Crippen LogP contribution >= 0.6 is 0 Å². The first kappa shape index (κ1) is 24.7. The van der Waals surface area contributed by atoms with Crippen LogP contribution in [0.4, 0.5) is 5.69 Å². The maximum absolute atomic E-state index is 12.9. The van der Waals surface area contributed by atoms with E-state index < -0.39 is 26.9 Å². The van der Waals surface area contributed by atoms with Crippen LogP contribution in [-0.2, 0) is 14.8 Å². The van der Waals surface area contributed by atoms with Gasteiger partial charge in [0.1, 0.15) is 0 Å². The highest BCUT2D eigenvalue weighted by molar-refractivity contribution is 7.89. The first-order valence-corrected chi connectivity index (χ1v) is 11.8. The molecule has 0 spiro atoms. The molecule has 0 saturated heterocycles. The maximum atomic E-state index is 12.9. The zero-order valence-electron chi connectivity index (χ0n) is 18.6. The van der Waals surface area contributed by atoms with Gasteiger partial charge in [-0.25, -0.2) is 18.6 Å². The fourth-order valence-electron chi connectivity index (χ4n) is 3.20. The SMILES string of the molecule is Cc1ccc(S(=O)(=O)N[C@H](CC(=O)N/N=C\c2ccc(C)c([N+](=O)[O-])c2)c2ccccc2)cc1. The molecular formula is C24H24N4O5S. The number of hydrazone groups is 1. The summed E-state index contributed by atoms with van der Waals surface area (Å²) < 4.78 is 28.4. The number of carbonyl (C=O) groups excluding carboxylic acids is 1. The zero-order chi connectivity index (χ0) is 24.7. The number of hydrogen-bond acceptors (Lipinski definition) is 6. The monoisotopic (exact) mass is 480 g/mol. The second kappa shape index (κ2) is 10.8. The number of sulfonamides is 1. The van der Waals surface area contributed by atoms with Gasteiger partial charge < -0.3 is 0 Å². The van der Waals surface area contributed by atoms with Gasteiger partial charge in [0.2, 0.25) is 15.9 Å². The summed E-state index contributed by atoms with van der Waals surface area (Å²) in [5.74, 6) is -0.529. The molecule has 2 N–H and O–H groups in total. The standard InChI is InChI=1S/C24H24N4O5S/c1-17-8-12-21(13-9-17)34(32,33)27-22(20-6-4-3-5-7-20)15-24(29)26-25-16-19-11-10-18(2)23(14-19)28(30)31/h3-14,16,22,27H,15H2,1-2H3,(H,26,29)/b25-16-/t22-/m1/s1.